The highest BCUT2D eigenvalue weighted by Gasteiger charge is 2.29. The Morgan fingerprint density at radius 1 is 0.704 bits per heavy atom. The molecule has 2 aromatic carbocycles. The molecule has 41 heteroatoms. The average Bonchev–Trinajstić information content (AvgIpc) is 3.65. The van der Waals surface area contributed by atoms with Gasteiger partial charge < -0.3 is 29.0 Å². The van der Waals surface area contributed by atoms with Gasteiger partial charge in [0.1, 0.15) is 10.7 Å². The number of nitrogens with zero attached hydrogens (tertiary/aromatic N) is 9. The summed E-state index contributed by atoms with van der Waals surface area (Å²) in [7, 11) is -7.21. The summed E-state index contributed by atoms with van der Waals surface area (Å²) in [4.78, 5) is 77.8. The molecule has 0 aliphatic carbocycles. The molecule has 0 aliphatic rings. The molecule has 0 unspecified atom stereocenters. The van der Waals surface area contributed by atoms with E-state index in [9.17, 15) is 75.6 Å². The number of pyridine rings is 1. The number of ether oxygens (including phenoxy) is 4. The van der Waals surface area contributed by atoms with Crippen molar-refractivity contribution < 1.29 is 94.8 Å². The normalized spacial score (nSPS) is 11.3. The molecular formula is C40H38Cl2F6N14O16S3. The second-order valence-electron chi connectivity index (χ2n) is 14.9. The molecule has 5 amide bonds. The molecule has 0 fully saturated rings. The van der Waals surface area contributed by atoms with E-state index in [1.165, 1.54) is 87.5 Å². The SMILES string of the molecule is COc1cc(OC)nc(NC(=O)NS(=O)(=O)c2ncccc2C(=O)N(C)C)n1.Cc1nn(-c2cc(NS(C)(=O)=O)c(Cl)cc2Cl)c(=O)n1C(F)F.O=C(Nc1nc(OC(F)F)cc(OC(F)F)n1)NS(=O)(=O)c1ccccc1C(=O)O. The van der Waals surface area contributed by atoms with Gasteiger partial charge in [0.25, 0.3) is 26.0 Å². The predicted octanol–water partition coefficient (Wildman–Crippen LogP) is 4.40. The van der Waals surface area contributed by atoms with Gasteiger partial charge >= 0.3 is 43.5 Å². The number of carboxylic acids is 1. The van der Waals surface area contributed by atoms with E-state index in [1.54, 1.807) is 10.0 Å². The van der Waals surface area contributed by atoms with Crippen LogP contribution in [-0.2, 0) is 30.1 Å². The zero-order valence-electron chi connectivity index (χ0n) is 41.4. The minimum absolute atomic E-state index is 0.0257. The molecular weight excluding hydrogens is 1210 g/mol. The van der Waals surface area contributed by atoms with E-state index >= 15 is 0 Å². The number of rotatable bonds is 18. The van der Waals surface area contributed by atoms with Crippen molar-refractivity contribution in [2.75, 3.05) is 49.9 Å². The number of methoxy groups -OCH3 is 2. The number of aromatic nitrogens is 8. The smallest absolute Gasteiger partial charge is 0.388 e. The number of nitrogens with one attached hydrogen (secondary N) is 5. The van der Waals surface area contributed by atoms with Crippen LogP contribution in [0, 0.1) is 6.92 Å². The molecule has 81 heavy (non-hydrogen) atoms. The van der Waals surface area contributed by atoms with Crippen molar-refractivity contribution in [1.29, 1.82) is 0 Å². The molecule has 6 N–H and O–H groups in total. The zero-order valence-corrected chi connectivity index (χ0v) is 45.4. The Morgan fingerprint density at radius 3 is 1.67 bits per heavy atom. The Hall–Kier alpha value is -8.82. The van der Waals surface area contributed by atoms with Crippen LogP contribution in [0.4, 0.5) is 53.5 Å². The van der Waals surface area contributed by atoms with Crippen molar-refractivity contribution in [3.8, 4) is 29.2 Å². The van der Waals surface area contributed by atoms with Crippen molar-refractivity contribution >= 4 is 94.8 Å². The van der Waals surface area contributed by atoms with Crippen molar-refractivity contribution in [2.24, 2.45) is 0 Å². The Bertz CT molecular complexity index is 3690. The molecule has 6 aromatic rings. The fourth-order valence-electron chi connectivity index (χ4n) is 5.76. The topological polar surface area (TPSA) is 396 Å². The second-order valence-corrected chi connectivity index (χ2v) is 20.7. The number of carbonyl (C=O) groups is 4. The molecule has 0 atom stereocenters. The number of hydrogen-bond donors (Lipinski definition) is 6. The number of urea groups is 2. The number of carbonyl (C=O) groups excluding carboxylic acids is 3. The Labute approximate surface area is 461 Å². The van der Waals surface area contributed by atoms with Crippen LogP contribution >= 0.6 is 23.2 Å². The first kappa shape index (κ1) is 64.7. The lowest BCUT2D eigenvalue weighted by Crippen LogP contribution is -2.36. The van der Waals surface area contributed by atoms with Gasteiger partial charge in [0.05, 0.1) is 65.2 Å². The number of carboxylic acid groups (broad SMARTS) is 1. The first-order valence-corrected chi connectivity index (χ1v) is 26.6. The fraction of sp³-hybridized carbons (Fsp3) is 0.225. The van der Waals surface area contributed by atoms with Crippen molar-refractivity contribution in [1.82, 2.24) is 53.6 Å². The van der Waals surface area contributed by atoms with E-state index in [1.807, 2.05) is 0 Å². The van der Waals surface area contributed by atoms with Crippen LogP contribution in [0.1, 0.15) is 33.1 Å². The second kappa shape index (κ2) is 27.4. The van der Waals surface area contributed by atoms with Gasteiger partial charge in [-0.05, 0) is 43.3 Å². The van der Waals surface area contributed by atoms with Crippen LogP contribution < -0.4 is 49.4 Å². The first-order valence-electron chi connectivity index (χ1n) is 21.0. The van der Waals surface area contributed by atoms with Crippen LogP contribution in [0.2, 0.25) is 10.0 Å². The lowest BCUT2D eigenvalue weighted by molar-refractivity contribution is -0.0580. The molecule has 30 nitrogen and oxygen atoms in total. The maximum absolute atomic E-state index is 12.8. The van der Waals surface area contributed by atoms with Crippen LogP contribution in [0.3, 0.4) is 0 Å². The molecule has 0 saturated heterocycles. The maximum Gasteiger partial charge on any atom is 0.388 e. The third kappa shape index (κ3) is 18.4. The summed E-state index contributed by atoms with van der Waals surface area (Å²) in [6.07, 6.45) is 2.09. The number of halogens is 8. The van der Waals surface area contributed by atoms with Gasteiger partial charge in [-0.25, -0.2) is 55.0 Å². The molecule has 0 spiro atoms. The summed E-state index contributed by atoms with van der Waals surface area (Å²) < 4.78 is 171. The summed E-state index contributed by atoms with van der Waals surface area (Å²) in [5.74, 6) is -5.34. The first-order chi connectivity index (χ1) is 37.7. The van der Waals surface area contributed by atoms with Crippen LogP contribution in [0.25, 0.3) is 5.69 Å². The van der Waals surface area contributed by atoms with Crippen LogP contribution in [0.15, 0.2) is 81.6 Å². The monoisotopic (exact) mass is 1250 g/mol. The number of benzene rings is 2. The van der Waals surface area contributed by atoms with Crippen molar-refractivity contribution in [2.45, 2.75) is 36.6 Å². The van der Waals surface area contributed by atoms with E-state index in [0.29, 0.717) is 10.7 Å². The minimum atomic E-state index is -4.71. The zero-order chi connectivity index (χ0) is 60.9. The summed E-state index contributed by atoms with van der Waals surface area (Å²) in [6.45, 7) is -8.66. The maximum atomic E-state index is 12.8. The number of hydrogen-bond acceptors (Lipinski definition) is 21. The third-order valence-electron chi connectivity index (χ3n) is 8.91. The Kier molecular flexibility index (Phi) is 21.9. The van der Waals surface area contributed by atoms with E-state index in [2.05, 4.69) is 49.5 Å². The standard InChI is InChI=1S/C15H18N6O6S.C14H10F4N4O7S.C11H10Cl2F2N4O3S/c1-21(2)13(22)9-6-5-7-16-12(9)28(24,25)20-15(23)19-14-17-10(26-3)8-11(18-14)27-4;15-11(16)28-8-5-9(29-12(17)18)20-13(19-8)21-14(25)22-30(26,27)7-4-2-1-3-6(7)10(23)24;1-5-16-19(11(20)18(5)10(14)15)9-4-8(17-23(2,21)22)6(12)3-7(9)13/h5-8H,1-4H3,(H2,17,18,19,20,23);1-5,11-12H,(H,23,24)(H2,19,20,21,22,25);3-4,10,17H,1-2H3. The van der Waals surface area contributed by atoms with Crippen LogP contribution in [-0.4, -0.2) is 146 Å². The molecule has 438 valence electrons. The molecule has 0 bridgehead atoms. The molecule has 4 heterocycles. The number of aromatic carboxylic acids is 1. The highest BCUT2D eigenvalue weighted by molar-refractivity contribution is 7.92. The predicted molar refractivity (Wildman–Crippen MR) is 267 cm³/mol. The van der Waals surface area contributed by atoms with Gasteiger partial charge in [-0.2, -0.15) is 59.4 Å². The lowest BCUT2D eigenvalue weighted by atomic mass is 10.2. The molecule has 0 radical (unpaired) electrons. The van der Waals surface area contributed by atoms with E-state index < -0.39 is 113 Å². The van der Waals surface area contributed by atoms with Gasteiger partial charge in [0, 0.05) is 20.3 Å². The fourth-order valence-corrected chi connectivity index (χ4v) is 9.03. The van der Waals surface area contributed by atoms with Gasteiger partial charge in [-0.1, -0.05) is 35.3 Å². The largest absolute Gasteiger partial charge is 0.481 e. The van der Waals surface area contributed by atoms with Crippen molar-refractivity contribution in [3.63, 3.8) is 0 Å². The lowest BCUT2D eigenvalue weighted by Gasteiger charge is -2.14. The number of amides is 5. The van der Waals surface area contributed by atoms with E-state index in [0.717, 1.165) is 24.5 Å². The molecule has 4 aromatic heterocycles. The minimum Gasteiger partial charge on any atom is -0.481 e. The van der Waals surface area contributed by atoms with Gasteiger partial charge in [-0.3, -0.25) is 20.2 Å². The summed E-state index contributed by atoms with van der Waals surface area (Å²) in [5, 5.41) is 15.9. The quantitative estimate of drug-likeness (QED) is 0.0649. The third-order valence-corrected chi connectivity index (χ3v) is 12.8. The van der Waals surface area contributed by atoms with Gasteiger partial charge in [0.15, 0.2) is 5.03 Å². The Balaban J connectivity index is 0.000000264. The van der Waals surface area contributed by atoms with Gasteiger partial charge in [-0.15, -0.1) is 5.10 Å². The van der Waals surface area contributed by atoms with Crippen LogP contribution in [0.5, 0.6) is 23.5 Å². The molecule has 0 saturated carbocycles. The molecule has 6 rings (SSSR count). The number of sulfonamides is 3. The number of aryl methyl sites for hydroxylation is 1. The highest BCUT2D eigenvalue weighted by Crippen LogP contribution is 2.32. The van der Waals surface area contributed by atoms with Gasteiger partial charge in [0.2, 0.25) is 45.4 Å². The van der Waals surface area contributed by atoms with E-state index in [-0.39, 0.29) is 55.1 Å². The summed E-state index contributed by atoms with van der Waals surface area (Å²) >= 11 is 11.8. The average molecular weight is 1250 g/mol. The molecule has 0 aliphatic heterocycles. The Morgan fingerprint density at radius 2 is 1.20 bits per heavy atom. The summed E-state index contributed by atoms with van der Waals surface area (Å²) in [5.41, 5.74) is -2.10. The van der Waals surface area contributed by atoms with E-state index in [4.69, 9.17) is 37.8 Å². The number of anilines is 3. The highest BCUT2D eigenvalue weighted by atomic mass is 35.5. The summed E-state index contributed by atoms with van der Waals surface area (Å²) in [6, 6.07) is 8.44. The number of alkyl halides is 6. The van der Waals surface area contributed by atoms with Crippen molar-refractivity contribution in [3.05, 3.63) is 104 Å².